The topological polar surface area (TPSA) is 23.6 Å². The van der Waals surface area contributed by atoms with E-state index < -0.39 is 0 Å². The van der Waals surface area contributed by atoms with E-state index in [4.69, 9.17) is 0 Å². The van der Waals surface area contributed by atoms with Crippen molar-refractivity contribution >= 4 is 11.5 Å². The van der Waals surface area contributed by atoms with E-state index in [1.165, 1.54) is 17.8 Å². The Morgan fingerprint density at radius 2 is 1.62 bits per heavy atom. The Labute approximate surface area is 142 Å². The molecule has 0 spiro atoms. The zero-order chi connectivity index (χ0) is 16.9. The lowest BCUT2D eigenvalue weighted by Gasteiger charge is -2.39. The highest BCUT2D eigenvalue weighted by Crippen LogP contribution is 2.18. The first kappa shape index (κ1) is 16.7. The second-order valence-corrected chi connectivity index (χ2v) is 6.34. The normalized spacial score (nSPS) is 16.8. The summed E-state index contributed by atoms with van der Waals surface area (Å²) in [5, 5.41) is 0. The molecule has 1 saturated heterocycles. The Kier molecular flexibility index (Phi) is 5.26. The monoisotopic (exact) mass is 326 g/mol. The van der Waals surface area contributed by atoms with E-state index in [0.717, 1.165) is 26.2 Å². The Bertz CT molecular complexity index is 664. The largest absolute Gasteiger partial charge is 0.369 e. The fraction of sp³-hybridized carbons (Fsp3) is 0.350. The van der Waals surface area contributed by atoms with Crippen molar-refractivity contribution in [2.45, 2.75) is 19.4 Å². The van der Waals surface area contributed by atoms with Gasteiger partial charge in [0, 0.05) is 49.9 Å². The molecule has 126 valence electrons. The van der Waals surface area contributed by atoms with Gasteiger partial charge in [0.15, 0.2) is 5.78 Å². The number of hydrogen-bond donors (Lipinski definition) is 0. The zero-order valence-electron chi connectivity index (χ0n) is 14.0. The first-order valence-electron chi connectivity index (χ1n) is 8.46. The second-order valence-electron chi connectivity index (χ2n) is 6.34. The van der Waals surface area contributed by atoms with Crippen molar-refractivity contribution in [1.82, 2.24) is 4.90 Å². The minimum Gasteiger partial charge on any atom is -0.369 e. The summed E-state index contributed by atoms with van der Waals surface area (Å²) in [5.74, 6) is -0.232. The van der Waals surface area contributed by atoms with Crippen LogP contribution >= 0.6 is 0 Å². The number of carbonyl (C=O) groups is 1. The molecule has 0 amide bonds. The molecule has 2 aromatic rings. The molecule has 3 rings (SSSR count). The summed E-state index contributed by atoms with van der Waals surface area (Å²) in [5.41, 5.74) is 1.85. The van der Waals surface area contributed by atoms with Crippen LogP contribution in [0.2, 0.25) is 0 Å². The van der Waals surface area contributed by atoms with Crippen molar-refractivity contribution in [1.29, 1.82) is 0 Å². The SMILES string of the molecule is C[C@@H](CC(=O)c1ccc(F)cc1)N1CCN(c2ccccc2)CC1. The maximum atomic E-state index is 13.0. The molecule has 1 aliphatic rings. The fourth-order valence-electron chi connectivity index (χ4n) is 3.21. The standard InChI is InChI=1S/C20H23FN2O/c1-16(15-20(24)17-7-9-18(21)10-8-17)22-11-13-23(14-12-22)19-5-3-2-4-6-19/h2-10,16H,11-15H2,1H3/t16-/m0/s1. The summed E-state index contributed by atoms with van der Waals surface area (Å²) in [6.07, 6.45) is 0.469. The van der Waals surface area contributed by atoms with Crippen LogP contribution < -0.4 is 4.90 Å². The van der Waals surface area contributed by atoms with Gasteiger partial charge in [0.25, 0.3) is 0 Å². The van der Waals surface area contributed by atoms with E-state index in [1.807, 2.05) is 6.07 Å². The predicted molar refractivity (Wildman–Crippen MR) is 95.0 cm³/mol. The van der Waals surface area contributed by atoms with Gasteiger partial charge in [0.2, 0.25) is 0 Å². The quantitative estimate of drug-likeness (QED) is 0.784. The minimum atomic E-state index is -0.309. The number of benzene rings is 2. The summed E-state index contributed by atoms with van der Waals surface area (Å²) in [4.78, 5) is 17.1. The second kappa shape index (κ2) is 7.58. The number of halogens is 1. The van der Waals surface area contributed by atoms with Gasteiger partial charge in [-0.05, 0) is 43.3 Å². The average Bonchev–Trinajstić information content (AvgIpc) is 2.63. The lowest BCUT2D eigenvalue weighted by atomic mass is 10.0. The van der Waals surface area contributed by atoms with Gasteiger partial charge >= 0.3 is 0 Å². The lowest BCUT2D eigenvalue weighted by molar-refractivity contribution is 0.0923. The number of piperazine rings is 1. The molecule has 0 aliphatic carbocycles. The molecule has 0 N–H and O–H groups in total. The number of hydrogen-bond acceptors (Lipinski definition) is 3. The van der Waals surface area contributed by atoms with Gasteiger partial charge < -0.3 is 4.90 Å². The molecule has 0 unspecified atom stereocenters. The minimum absolute atomic E-state index is 0.0768. The molecule has 0 bridgehead atoms. The number of nitrogens with zero attached hydrogens (tertiary/aromatic N) is 2. The van der Waals surface area contributed by atoms with Crippen LogP contribution in [0, 0.1) is 5.82 Å². The van der Waals surface area contributed by atoms with Crippen LogP contribution in [0.4, 0.5) is 10.1 Å². The van der Waals surface area contributed by atoms with E-state index in [-0.39, 0.29) is 17.6 Å². The van der Waals surface area contributed by atoms with Gasteiger partial charge in [0.1, 0.15) is 5.82 Å². The van der Waals surface area contributed by atoms with E-state index in [9.17, 15) is 9.18 Å². The Balaban J connectivity index is 1.52. The maximum Gasteiger partial charge on any atom is 0.164 e. The average molecular weight is 326 g/mol. The summed E-state index contributed by atoms with van der Waals surface area (Å²) in [7, 11) is 0. The van der Waals surface area contributed by atoms with Crippen molar-refractivity contribution in [3.05, 3.63) is 66.0 Å². The molecule has 2 aromatic carbocycles. The highest BCUT2D eigenvalue weighted by atomic mass is 19.1. The van der Waals surface area contributed by atoms with Crippen LogP contribution in [-0.4, -0.2) is 42.9 Å². The van der Waals surface area contributed by atoms with Gasteiger partial charge in [-0.1, -0.05) is 18.2 Å². The molecule has 1 atom stereocenters. The van der Waals surface area contributed by atoms with Crippen LogP contribution in [0.25, 0.3) is 0 Å². The Morgan fingerprint density at radius 1 is 1.00 bits per heavy atom. The molecule has 1 aliphatic heterocycles. The first-order valence-corrected chi connectivity index (χ1v) is 8.46. The summed E-state index contributed by atoms with van der Waals surface area (Å²) in [6.45, 7) is 5.94. The van der Waals surface area contributed by atoms with Crippen molar-refractivity contribution < 1.29 is 9.18 Å². The van der Waals surface area contributed by atoms with Gasteiger partial charge in [-0.15, -0.1) is 0 Å². The third-order valence-electron chi connectivity index (χ3n) is 4.71. The van der Waals surface area contributed by atoms with Crippen molar-refractivity contribution in [2.24, 2.45) is 0 Å². The van der Waals surface area contributed by atoms with Crippen LogP contribution in [0.1, 0.15) is 23.7 Å². The molecule has 0 radical (unpaired) electrons. The number of carbonyl (C=O) groups excluding carboxylic acids is 1. The van der Waals surface area contributed by atoms with Crippen LogP contribution in [0.3, 0.4) is 0 Å². The predicted octanol–water partition coefficient (Wildman–Crippen LogP) is 3.61. The van der Waals surface area contributed by atoms with Crippen LogP contribution in [0.15, 0.2) is 54.6 Å². The van der Waals surface area contributed by atoms with Crippen LogP contribution in [0.5, 0.6) is 0 Å². The third-order valence-corrected chi connectivity index (χ3v) is 4.71. The van der Waals surface area contributed by atoms with E-state index in [0.29, 0.717) is 12.0 Å². The maximum absolute atomic E-state index is 13.0. The molecule has 1 heterocycles. The number of ketones is 1. The lowest BCUT2D eigenvalue weighted by Crippen LogP contribution is -2.50. The molecule has 24 heavy (non-hydrogen) atoms. The molecular weight excluding hydrogens is 303 g/mol. The Hall–Kier alpha value is -2.20. The third kappa shape index (κ3) is 4.01. The van der Waals surface area contributed by atoms with E-state index in [1.54, 1.807) is 12.1 Å². The van der Waals surface area contributed by atoms with E-state index >= 15 is 0 Å². The summed E-state index contributed by atoms with van der Waals surface area (Å²) in [6, 6.07) is 16.4. The smallest absolute Gasteiger partial charge is 0.164 e. The van der Waals surface area contributed by atoms with Gasteiger partial charge in [0.05, 0.1) is 0 Å². The molecule has 0 saturated carbocycles. The van der Waals surface area contributed by atoms with Gasteiger partial charge in [-0.2, -0.15) is 0 Å². The highest BCUT2D eigenvalue weighted by molar-refractivity contribution is 5.96. The first-order chi connectivity index (χ1) is 11.6. The fourth-order valence-corrected chi connectivity index (χ4v) is 3.21. The molecule has 0 aromatic heterocycles. The van der Waals surface area contributed by atoms with Crippen molar-refractivity contribution in [3.8, 4) is 0 Å². The molecule has 1 fully saturated rings. The number of para-hydroxylation sites is 1. The van der Waals surface area contributed by atoms with Crippen molar-refractivity contribution in [3.63, 3.8) is 0 Å². The highest BCUT2D eigenvalue weighted by Gasteiger charge is 2.23. The van der Waals surface area contributed by atoms with Crippen molar-refractivity contribution in [2.75, 3.05) is 31.1 Å². The van der Waals surface area contributed by atoms with Gasteiger partial charge in [-0.25, -0.2) is 4.39 Å². The van der Waals surface area contributed by atoms with Crippen LogP contribution in [-0.2, 0) is 0 Å². The summed E-state index contributed by atoms with van der Waals surface area (Å²) < 4.78 is 13.0. The van der Waals surface area contributed by atoms with Gasteiger partial charge in [-0.3, -0.25) is 9.69 Å². The number of rotatable bonds is 5. The molecular formula is C20H23FN2O. The summed E-state index contributed by atoms with van der Waals surface area (Å²) >= 11 is 0. The van der Waals surface area contributed by atoms with E-state index in [2.05, 4.69) is 41.0 Å². The Morgan fingerprint density at radius 3 is 2.25 bits per heavy atom. The number of Topliss-reactive ketones (excluding diaryl/α,β-unsaturated/α-hetero) is 1. The zero-order valence-corrected chi connectivity index (χ0v) is 14.0. The molecule has 4 heteroatoms. The molecule has 3 nitrogen and oxygen atoms in total. The number of anilines is 1.